The highest BCUT2D eigenvalue weighted by atomic mass is 16.6. The van der Waals surface area contributed by atoms with E-state index in [1.165, 1.54) is 7.11 Å². The van der Waals surface area contributed by atoms with Gasteiger partial charge in [-0.15, -0.1) is 0 Å². The molecule has 184 valence electrons. The molecule has 11 atom stereocenters. The highest BCUT2D eigenvalue weighted by Crippen LogP contribution is 2.73. The van der Waals surface area contributed by atoms with E-state index >= 15 is 0 Å². The third-order valence-corrected chi connectivity index (χ3v) is 10.9. The molecule has 3 aliphatic carbocycles. The van der Waals surface area contributed by atoms with Gasteiger partial charge in [0.25, 0.3) is 0 Å². The maximum atomic E-state index is 13.8. The fourth-order valence-corrected chi connectivity index (χ4v) is 9.49. The van der Waals surface area contributed by atoms with Crippen LogP contribution in [0.4, 0.5) is 0 Å². The molecule has 0 aromatic carbocycles. The zero-order valence-corrected chi connectivity index (χ0v) is 20.5. The van der Waals surface area contributed by atoms with Crippen LogP contribution in [-0.4, -0.2) is 43.1 Å². The van der Waals surface area contributed by atoms with Crippen LogP contribution in [-0.2, 0) is 28.6 Å². The molecule has 3 heterocycles. The van der Waals surface area contributed by atoms with E-state index in [0.717, 1.165) is 12.0 Å². The molecule has 0 amide bonds. The van der Waals surface area contributed by atoms with Gasteiger partial charge in [0.15, 0.2) is 0 Å². The quantitative estimate of drug-likeness (QED) is 0.619. The number of carbonyl (C=O) groups is 3. The predicted molar refractivity (Wildman–Crippen MR) is 119 cm³/mol. The van der Waals surface area contributed by atoms with Gasteiger partial charge in [0.1, 0.15) is 18.0 Å². The van der Waals surface area contributed by atoms with Gasteiger partial charge >= 0.3 is 11.9 Å². The Kier molecular flexibility index (Phi) is 4.57. The number of hydrogen-bond acceptors (Lipinski definition) is 7. The van der Waals surface area contributed by atoms with E-state index in [-0.39, 0.29) is 65.9 Å². The Morgan fingerprint density at radius 1 is 1.24 bits per heavy atom. The van der Waals surface area contributed by atoms with Crippen LogP contribution in [0.15, 0.2) is 23.0 Å². The van der Waals surface area contributed by atoms with E-state index in [1.807, 2.05) is 19.9 Å². The first-order valence-corrected chi connectivity index (χ1v) is 12.6. The molecule has 3 saturated carbocycles. The number of rotatable bonds is 3. The maximum Gasteiger partial charge on any atom is 0.312 e. The lowest BCUT2D eigenvalue weighted by molar-refractivity contribution is -0.205. The van der Waals surface area contributed by atoms with Crippen LogP contribution in [0.3, 0.4) is 0 Å². The lowest BCUT2D eigenvalue weighted by atomic mass is 9.39. The number of furan rings is 1. The first kappa shape index (κ1) is 22.3. The first-order chi connectivity index (χ1) is 16.1. The fourth-order valence-electron chi connectivity index (χ4n) is 9.49. The minimum absolute atomic E-state index is 0.0329. The maximum absolute atomic E-state index is 13.8. The van der Waals surface area contributed by atoms with E-state index in [1.54, 1.807) is 12.5 Å². The van der Waals surface area contributed by atoms with E-state index in [2.05, 4.69) is 13.8 Å². The highest BCUT2D eigenvalue weighted by molar-refractivity contribution is 5.92. The van der Waals surface area contributed by atoms with Crippen molar-refractivity contribution in [2.45, 2.75) is 77.6 Å². The molecule has 0 bridgehead atoms. The summed E-state index contributed by atoms with van der Waals surface area (Å²) in [5, 5.41) is 0. The van der Waals surface area contributed by atoms with Crippen molar-refractivity contribution in [3.05, 3.63) is 24.2 Å². The van der Waals surface area contributed by atoms with E-state index in [9.17, 15) is 14.4 Å². The molecule has 1 aromatic heterocycles. The number of esters is 2. The molecule has 5 fully saturated rings. The topological polar surface area (TPSA) is 92.0 Å². The lowest BCUT2D eigenvalue weighted by Crippen LogP contribution is -2.68. The molecule has 0 radical (unpaired) electrons. The Morgan fingerprint density at radius 2 is 2.00 bits per heavy atom. The number of hydrogen-bond donors (Lipinski definition) is 0. The summed E-state index contributed by atoms with van der Waals surface area (Å²) in [6, 6.07) is 2.01. The van der Waals surface area contributed by atoms with E-state index in [4.69, 9.17) is 18.6 Å². The molecule has 7 nitrogen and oxygen atoms in total. The SMILES string of the molecule is COC(=O)C[C@@H]1[C@@]2(C)C(=O)CC[C@@]3(C)C(=O)O[C@@H]([C@H]4O[C@@H]5C[C@@H](c6ccoc6)[C@@H](C)[C@H]5[C@]41C)[C@H]23. The molecular formula is C27H34O7. The zero-order chi connectivity index (χ0) is 24.2. The van der Waals surface area contributed by atoms with Gasteiger partial charge in [-0.05, 0) is 55.1 Å². The molecule has 2 aliphatic heterocycles. The van der Waals surface area contributed by atoms with Crippen molar-refractivity contribution in [3.8, 4) is 0 Å². The van der Waals surface area contributed by atoms with Crippen LogP contribution in [0.1, 0.15) is 64.9 Å². The molecule has 0 unspecified atom stereocenters. The molecule has 0 N–H and O–H groups in total. The summed E-state index contributed by atoms with van der Waals surface area (Å²) in [5.74, 6) is -0.393. The number of ether oxygens (including phenoxy) is 3. The van der Waals surface area contributed by atoms with Gasteiger partial charge in [0, 0.05) is 29.6 Å². The first-order valence-electron chi connectivity index (χ1n) is 12.6. The monoisotopic (exact) mass is 470 g/mol. The van der Waals surface area contributed by atoms with Crippen molar-refractivity contribution in [2.75, 3.05) is 7.11 Å². The van der Waals surface area contributed by atoms with E-state index in [0.29, 0.717) is 12.8 Å². The van der Waals surface area contributed by atoms with Crippen molar-refractivity contribution < 1.29 is 33.0 Å². The van der Waals surface area contributed by atoms with Gasteiger partial charge in [-0.3, -0.25) is 14.4 Å². The normalized spacial score (nSPS) is 51.0. The highest BCUT2D eigenvalue weighted by Gasteiger charge is 2.79. The number of carbonyl (C=O) groups excluding carboxylic acids is 3. The van der Waals surface area contributed by atoms with Gasteiger partial charge < -0.3 is 18.6 Å². The summed E-state index contributed by atoms with van der Waals surface area (Å²) in [6.07, 6.45) is 4.44. The van der Waals surface area contributed by atoms with Crippen molar-refractivity contribution in [1.29, 1.82) is 0 Å². The Morgan fingerprint density at radius 3 is 2.68 bits per heavy atom. The molecule has 7 heteroatoms. The number of methoxy groups -OCH3 is 1. The minimum atomic E-state index is -0.866. The second-order valence-electron chi connectivity index (χ2n) is 12.0. The second-order valence-corrected chi connectivity index (χ2v) is 12.0. The smallest absolute Gasteiger partial charge is 0.312 e. The average Bonchev–Trinajstić information content (AvgIpc) is 3.54. The van der Waals surface area contributed by atoms with Gasteiger partial charge in [-0.1, -0.05) is 20.8 Å². The fraction of sp³-hybridized carbons (Fsp3) is 0.741. The Labute approximate surface area is 199 Å². The van der Waals surface area contributed by atoms with Crippen molar-refractivity contribution in [2.24, 2.45) is 39.9 Å². The van der Waals surface area contributed by atoms with Gasteiger partial charge in [0.05, 0.1) is 31.2 Å². The van der Waals surface area contributed by atoms with Crippen LogP contribution in [0.5, 0.6) is 0 Å². The summed E-state index contributed by atoms with van der Waals surface area (Å²) in [4.78, 5) is 39.8. The van der Waals surface area contributed by atoms with Crippen molar-refractivity contribution in [3.63, 3.8) is 0 Å². The molecule has 1 aromatic rings. The third kappa shape index (κ3) is 2.44. The van der Waals surface area contributed by atoms with Crippen molar-refractivity contribution in [1.82, 2.24) is 0 Å². The summed E-state index contributed by atoms with van der Waals surface area (Å²) < 4.78 is 23.4. The number of Topliss-reactive ketones (excluding diaryl/α,β-unsaturated/α-hetero) is 1. The second kappa shape index (κ2) is 6.96. The molecule has 5 aliphatic rings. The van der Waals surface area contributed by atoms with Crippen LogP contribution < -0.4 is 0 Å². The average molecular weight is 471 g/mol. The predicted octanol–water partition coefficient (Wildman–Crippen LogP) is 3.90. The van der Waals surface area contributed by atoms with Gasteiger partial charge in [0.2, 0.25) is 0 Å². The Hall–Kier alpha value is -2.15. The lowest BCUT2D eigenvalue weighted by Gasteiger charge is -2.61. The summed E-state index contributed by atoms with van der Waals surface area (Å²) in [7, 11) is 1.40. The standard InChI is InChI=1S/C27H34O7/c1-13-15(14-7-9-32-12-14)10-16-20(13)27(4)17(11-19(29)31-5)26(3)18(28)6-8-25(2)22(26)21(23(27)33-16)34-24(25)30/h7,9,12-13,15-17,20-23H,6,8,10-11H2,1-5H3/t13-,15-,16-,17-,20-,21-,22+,23-,25-,26+,27-/m1/s1. The van der Waals surface area contributed by atoms with E-state index < -0.39 is 22.3 Å². The summed E-state index contributed by atoms with van der Waals surface area (Å²) >= 11 is 0. The minimum Gasteiger partial charge on any atom is -0.472 e. The van der Waals surface area contributed by atoms with Crippen LogP contribution in [0, 0.1) is 39.9 Å². The van der Waals surface area contributed by atoms with Crippen molar-refractivity contribution >= 4 is 17.7 Å². The Balaban J connectivity index is 1.51. The molecular weight excluding hydrogens is 436 g/mol. The van der Waals surface area contributed by atoms with Crippen LogP contribution in [0.25, 0.3) is 0 Å². The summed E-state index contributed by atoms with van der Waals surface area (Å²) in [5.41, 5.74) is -0.974. The molecule has 6 rings (SSSR count). The van der Waals surface area contributed by atoms with Crippen LogP contribution in [0.2, 0.25) is 0 Å². The van der Waals surface area contributed by atoms with Crippen LogP contribution >= 0.6 is 0 Å². The zero-order valence-electron chi connectivity index (χ0n) is 20.5. The van der Waals surface area contributed by atoms with Gasteiger partial charge in [-0.2, -0.15) is 0 Å². The molecule has 34 heavy (non-hydrogen) atoms. The third-order valence-electron chi connectivity index (χ3n) is 10.9. The van der Waals surface area contributed by atoms with Gasteiger partial charge in [-0.25, -0.2) is 0 Å². The molecule has 2 saturated heterocycles. The molecule has 0 spiro atoms. The Bertz CT molecular complexity index is 1050. The number of fused-ring (bicyclic) bond motifs is 4. The largest absolute Gasteiger partial charge is 0.472 e. The number of ketones is 1. The summed E-state index contributed by atoms with van der Waals surface area (Å²) in [6.45, 7) is 8.35.